The SMILES string of the molecule is CC(C)CN(CC(C)C)Cn1c(=S)oc2ccc(S(=O)(=O)N3CCOCC3)cc21. The van der Waals surface area contributed by atoms with Gasteiger partial charge < -0.3 is 9.15 Å². The zero-order chi connectivity index (χ0) is 21.2. The first-order valence-corrected chi connectivity index (χ1v) is 12.0. The Morgan fingerprint density at radius 1 is 1.10 bits per heavy atom. The molecule has 2 aromatic rings. The number of hydrogen-bond donors (Lipinski definition) is 0. The number of benzene rings is 1. The van der Waals surface area contributed by atoms with E-state index >= 15 is 0 Å². The molecule has 0 radical (unpaired) electrons. The monoisotopic (exact) mass is 441 g/mol. The molecule has 1 aromatic heterocycles. The third kappa shape index (κ3) is 5.27. The van der Waals surface area contributed by atoms with Crippen LogP contribution in [0.2, 0.25) is 0 Å². The van der Waals surface area contributed by atoms with E-state index in [1.807, 2.05) is 4.57 Å². The molecule has 29 heavy (non-hydrogen) atoms. The van der Waals surface area contributed by atoms with Gasteiger partial charge in [-0.05, 0) is 42.3 Å². The van der Waals surface area contributed by atoms with Crippen molar-refractivity contribution in [3.63, 3.8) is 0 Å². The second-order valence-electron chi connectivity index (χ2n) is 8.41. The minimum Gasteiger partial charge on any atom is -0.429 e. The summed E-state index contributed by atoms with van der Waals surface area (Å²) in [5.41, 5.74) is 1.31. The highest BCUT2D eigenvalue weighted by molar-refractivity contribution is 7.89. The summed E-state index contributed by atoms with van der Waals surface area (Å²) in [5.74, 6) is 1.02. The summed E-state index contributed by atoms with van der Waals surface area (Å²) < 4.78 is 40.5. The normalized spacial score (nSPS) is 16.5. The molecule has 0 spiro atoms. The molecule has 1 aliphatic heterocycles. The van der Waals surface area contributed by atoms with Crippen molar-refractivity contribution in [2.45, 2.75) is 39.3 Å². The second kappa shape index (κ2) is 9.26. The maximum Gasteiger partial charge on any atom is 0.270 e. The van der Waals surface area contributed by atoms with Gasteiger partial charge >= 0.3 is 0 Å². The maximum absolute atomic E-state index is 13.1. The van der Waals surface area contributed by atoms with Gasteiger partial charge in [-0.15, -0.1) is 0 Å². The van der Waals surface area contributed by atoms with E-state index in [9.17, 15) is 8.42 Å². The highest BCUT2D eigenvalue weighted by atomic mass is 32.2. The van der Waals surface area contributed by atoms with Crippen molar-refractivity contribution in [3.05, 3.63) is 23.0 Å². The van der Waals surface area contributed by atoms with Crippen LogP contribution >= 0.6 is 12.2 Å². The van der Waals surface area contributed by atoms with Gasteiger partial charge in [-0.2, -0.15) is 4.31 Å². The summed E-state index contributed by atoms with van der Waals surface area (Å²) in [7, 11) is -3.58. The highest BCUT2D eigenvalue weighted by Crippen LogP contribution is 2.25. The second-order valence-corrected chi connectivity index (χ2v) is 10.7. The molecule has 0 saturated carbocycles. The summed E-state index contributed by atoms with van der Waals surface area (Å²) in [4.78, 5) is 2.96. The summed E-state index contributed by atoms with van der Waals surface area (Å²) in [6, 6.07) is 4.97. The van der Waals surface area contributed by atoms with Crippen molar-refractivity contribution in [3.8, 4) is 0 Å². The standard InChI is InChI=1S/C20H31N3O4S2/c1-15(2)12-21(13-16(3)4)14-23-18-11-17(5-6-19(18)27-20(23)28)29(24,25)22-7-9-26-10-8-22/h5-6,11,15-16H,7-10,12-14H2,1-4H3. The Kier molecular flexibility index (Phi) is 7.16. The molecule has 0 amide bonds. The summed E-state index contributed by atoms with van der Waals surface area (Å²) in [6.07, 6.45) is 0. The van der Waals surface area contributed by atoms with Crippen molar-refractivity contribution < 1.29 is 17.6 Å². The molecule has 3 rings (SSSR count). The average Bonchev–Trinajstić information content (AvgIpc) is 2.96. The smallest absolute Gasteiger partial charge is 0.270 e. The van der Waals surface area contributed by atoms with Crippen molar-refractivity contribution in [1.29, 1.82) is 0 Å². The maximum atomic E-state index is 13.1. The van der Waals surface area contributed by atoms with Crippen molar-refractivity contribution in [2.24, 2.45) is 11.8 Å². The molecule has 1 aliphatic rings. The van der Waals surface area contributed by atoms with Gasteiger partial charge in [0.25, 0.3) is 4.84 Å². The first kappa shape index (κ1) is 22.4. The lowest BCUT2D eigenvalue weighted by molar-refractivity contribution is 0.0730. The molecule has 0 unspecified atom stereocenters. The fraction of sp³-hybridized carbons (Fsp3) is 0.650. The Balaban J connectivity index is 1.97. The van der Waals surface area contributed by atoms with Crippen LogP contribution in [0.25, 0.3) is 11.1 Å². The van der Waals surface area contributed by atoms with Gasteiger partial charge in [-0.25, -0.2) is 8.42 Å². The van der Waals surface area contributed by atoms with E-state index in [0.717, 1.165) is 13.1 Å². The topological polar surface area (TPSA) is 67.9 Å². The Bertz CT molecular complexity index is 979. The third-order valence-electron chi connectivity index (χ3n) is 4.83. The number of oxazole rings is 1. The van der Waals surface area contributed by atoms with Crippen LogP contribution in [-0.2, 0) is 21.4 Å². The van der Waals surface area contributed by atoms with Gasteiger partial charge in [0.05, 0.1) is 30.3 Å². The quantitative estimate of drug-likeness (QED) is 0.584. The van der Waals surface area contributed by atoms with Crippen LogP contribution in [0.5, 0.6) is 0 Å². The Morgan fingerprint density at radius 2 is 1.72 bits per heavy atom. The predicted octanol–water partition coefficient (Wildman–Crippen LogP) is 3.56. The molecule has 2 heterocycles. The minimum atomic E-state index is -3.58. The minimum absolute atomic E-state index is 0.260. The van der Waals surface area contributed by atoms with E-state index in [-0.39, 0.29) is 4.90 Å². The molecule has 1 saturated heterocycles. The van der Waals surface area contributed by atoms with E-state index in [4.69, 9.17) is 21.4 Å². The molecule has 0 bridgehead atoms. The predicted molar refractivity (Wildman–Crippen MR) is 116 cm³/mol. The van der Waals surface area contributed by atoms with Gasteiger partial charge in [0.2, 0.25) is 10.0 Å². The van der Waals surface area contributed by atoms with Crippen LogP contribution in [0.1, 0.15) is 27.7 Å². The highest BCUT2D eigenvalue weighted by Gasteiger charge is 2.27. The van der Waals surface area contributed by atoms with Crippen molar-refractivity contribution in [2.75, 3.05) is 39.4 Å². The van der Waals surface area contributed by atoms with Crippen LogP contribution in [0.15, 0.2) is 27.5 Å². The lowest BCUT2D eigenvalue weighted by atomic mass is 10.1. The zero-order valence-corrected chi connectivity index (χ0v) is 19.3. The third-order valence-corrected chi connectivity index (χ3v) is 7.03. The molecule has 0 atom stereocenters. The van der Waals surface area contributed by atoms with E-state index < -0.39 is 10.0 Å². The van der Waals surface area contributed by atoms with Gasteiger partial charge in [0.1, 0.15) is 0 Å². The lowest BCUT2D eigenvalue weighted by Crippen LogP contribution is -2.40. The molecule has 1 aromatic carbocycles. The average molecular weight is 442 g/mol. The zero-order valence-electron chi connectivity index (χ0n) is 17.6. The molecule has 9 heteroatoms. The number of rotatable bonds is 8. The first-order chi connectivity index (χ1) is 13.7. The molecule has 0 N–H and O–H groups in total. The van der Waals surface area contributed by atoms with Gasteiger partial charge in [-0.3, -0.25) is 9.47 Å². The number of nitrogens with zero attached hydrogens (tertiary/aromatic N) is 3. The molecule has 7 nitrogen and oxygen atoms in total. The van der Waals surface area contributed by atoms with Crippen LogP contribution in [0, 0.1) is 16.7 Å². The first-order valence-electron chi connectivity index (χ1n) is 10.1. The fourth-order valence-electron chi connectivity index (χ4n) is 3.70. The number of morpholine rings is 1. The molecular weight excluding hydrogens is 410 g/mol. The Labute approximate surface area is 178 Å². The number of aromatic nitrogens is 1. The Hall–Kier alpha value is -1.26. The van der Waals surface area contributed by atoms with Crippen LogP contribution in [0.3, 0.4) is 0 Å². The number of fused-ring (bicyclic) bond motifs is 1. The summed E-state index contributed by atoms with van der Waals surface area (Å²) in [5, 5.41) is 0. The molecule has 162 valence electrons. The van der Waals surface area contributed by atoms with Crippen LogP contribution in [0.4, 0.5) is 0 Å². The van der Waals surface area contributed by atoms with E-state index in [1.165, 1.54) is 4.31 Å². The van der Waals surface area contributed by atoms with Crippen molar-refractivity contribution in [1.82, 2.24) is 13.8 Å². The van der Waals surface area contributed by atoms with Gasteiger partial charge in [-0.1, -0.05) is 27.7 Å². The molecule has 1 fully saturated rings. The largest absolute Gasteiger partial charge is 0.429 e. The molecule has 0 aliphatic carbocycles. The number of hydrogen-bond acceptors (Lipinski definition) is 6. The van der Waals surface area contributed by atoms with Gasteiger partial charge in [0.15, 0.2) is 5.58 Å². The van der Waals surface area contributed by atoms with E-state index in [2.05, 4.69) is 32.6 Å². The van der Waals surface area contributed by atoms with Crippen molar-refractivity contribution >= 4 is 33.3 Å². The summed E-state index contributed by atoms with van der Waals surface area (Å²) in [6.45, 7) is 12.8. The van der Waals surface area contributed by atoms with E-state index in [0.29, 0.717) is 60.7 Å². The number of sulfonamides is 1. The fourth-order valence-corrected chi connectivity index (χ4v) is 5.37. The number of ether oxygens (including phenoxy) is 1. The van der Waals surface area contributed by atoms with E-state index in [1.54, 1.807) is 18.2 Å². The lowest BCUT2D eigenvalue weighted by Gasteiger charge is -2.27. The van der Waals surface area contributed by atoms with Gasteiger partial charge in [0, 0.05) is 26.2 Å². The van der Waals surface area contributed by atoms with Crippen LogP contribution < -0.4 is 0 Å². The summed E-state index contributed by atoms with van der Waals surface area (Å²) >= 11 is 5.45. The van der Waals surface area contributed by atoms with Crippen LogP contribution in [-0.4, -0.2) is 61.6 Å². The Morgan fingerprint density at radius 3 is 2.31 bits per heavy atom. The molecular formula is C20H31N3O4S2.